The molecule has 0 radical (unpaired) electrons. The summed E-state index contributed by atoms with van der Waals surface area (Å²) in [6, 6.07) is 2.43. The number of alkyl halides is 4. The van der Waals surface area contributed by atoms with Gasteiger partial charge in [0.1, 0.15) is 24.9 Å². The number of aromatic nitrogens is 3. The molecule has 39 heavy (non-hydrogen) atoms. The number of fused-ring (bicyclic) bond motifs is 1. The molecule has 2 N–H and O–H groups in total. The number of methoxy groups -OCH3 is 1. The lowest BCUT2D eigenvalue weighted by Crippen LogP contribution is -2.49. The quantitative estimate of drug-likeness (QED) is 0.424. The summed E-state index contributed by atoms with van der Waals surface area (Å²) < 4.78 is 76.8. The van der Waals surface area contributed by atoms with E-state index in [2.05, 4.69) is 20.1 Å². The molecule has 0 unspecified atom stereocenters. The molecular formula is C23H20F5N5O6. The number of carboxylic acids is 1. The highest BCUT2D eigenvalue weighted by atomic mass is 19.4. The lowest BCUT2D eigenvalue weighted by molar-refractivity contribution is -0.275. The summed E-state index contributed by atoms with van der Waals surface area (Å²) >= 11 is 0. The van der Waals surface area contributed by atoms with Gasteiger partial charge in [-0.2, -0.15) is 5.10 Å². The van der Waals surface area contributed by atoms with Crippen LogP contribution in [-0.2, 0) is 20.9 Å². The van der Waals surface area contributed by atoms with E-state index in [0.29, 0.717) is 11.8 Å². The van der Waals surface area contributed by atoms with Gasteiger partial charge in [-0.15, -0.1) is 13.2 Å². The zero-order valence-electron chi connectivity index (χ0n) is 20.2. The van der Waals surface area contributed by atoms with Gasteiger partial charge in [-0.1, -0.05) is 6.07 Å². The molecule has 1 aliphatic rings. The molecule has 11 nitrogen and oxygen atoms in total. The molecule has 2 amide bonds. The van der Waals surface area contributed by atoms with Gasteiger partial charge >= 0.3 is 12.3 Å². The molecule has 4 rings (SSSR count). The van der Waals surface area contributed by atoms with Crippen LogP contribution in [0, 0.1) is 12.7 Å². The lowest BCUT2D eigenvalue weighted by atomic mass is 10.1. The second-order valence-corrected chi connectivity index (χ2v) is 8.52. The van der Waals surface area contributed by atoms with Crippen molar-refractivity contribution in [1.82, 2.24) is 19.7 Å². The van der Waals surface area contributed by atoms with Crippen LogP contribution in [0.5, 0.6) is 5.75 Å². The number of likely N-dealkylation sites (tertiary alicyclic amines) is 1. The number of nitrogens with one attached hydrogen (secondary N) is 1. The van der Waals surface area contributed by atoms with Gasteiger partial charge in [-0.3, -0.25) is 19.3 Å². The Kier molecular flexibility index (Phi) is 7.41. The van der Waals surface area contributed by atoms with Gasteiger partial charge in [0.15, 0.2) is 17.3 Å². The van der Waals surface area contributed by atoms with Crippen LogP contribution < -0.4 is 10.1 Å². The van der Waals surface area contributed by atoms with Crippen LogP contribution in [-0.4, -0.2) is 80.9 Å². The number of rotatable bonds is 7. The number of halogens is 5. The molecule has 3 atom stereocenters. The number of aryl methyl sites for hydroxylation is 1. The molecule has 3 aromatic rings. The monoisotopic (exact) mass is 557 g/mol. The maximum Gasteiger partial charge on any atom is 0.573 e. The van der Waals surface area contributed by atoms with E-state index in [9.17, 15) is 41.4 Å². The molecule has 1 aliphatic heterocycles. The summed E-state index contributed by atoms with van der Waals surface area (Å²) in [4.78, 5) is 42.8. The number of carboxylic acid groups (broad SMARTS) is 1. The van der Waals surface area contributed by atoms with Crippen LogP contribution in [0.2, 0.25) is 0 Å². The first-order chi connectivity index (χ1) is 18.3. The van der Waals surface area contributed by atoms with Crippen molar-refractivity contribution in [3.8, 4) is 5.75 Å². The van der Waals surface area contributed by atoms with Crippen LogP contribution in [0.4, 0.5) is 27.6 Å². The number of nitrogens with zero attached hydrogens (tertiary/aromatic N) is 4. The van der Waals surface area contributed by atoms with E-state index in [1.807, 2.05) is 0 Å². The van der Waals surface area contributed by atoms with Gasteiger partial charge in [0.05, 0.1) is 23.9 Å². The number of carbonyl (C=O) groups is 3. The maximum absolute atomic E-state index is 14.8. The predicted molar refractivity (Wildman–Crippen MR) is 122 cm³/mol. The Balaban J connectivity index is 1.61. The van der Waals surface area contributed by atoms with Crippen molar-refractivity contribution >= 4 is 34.4 Å². The molecule has 0 aliphatic carbocycles. The molecule has 0 bridgehead atoms. The van der Waals surface area contributed by atoms with E-state index in [4.69, 9.17) is 4.74 Å². The van der Waals surface area contributed by atoms with Crippen molar-refractivity contribution in [2.24, 2.45) is 0 Å². The fourth-order valence-corrected chi connectivity index (χ4v) is 4.30. The van der Waals surface area contributed by atoms with Crippen molar-refractivity contribution in [2.45, 2.75) is 38.1 Å². The first-order valence-electron chi connectivity index (χ1n) is 11.2. The second kappa shape index (κ2) is 10.4. The maximum atomic E-state index is 14.8. The third kappa shape index (κ3) is 5.59. The van der Waals surface area contributed by atoms with Crippen molar-refractivity contribution in [1.29, 1.82) is 0 Å². The molecule has 16 heteroatoms. The third-order valence-corrected chi connectivity index (χ3v) is 5.94. The van der Waals surface area contributed by atoms with Gasteiger partial charge < -0.3 is 24.8 Å². The summed E-state index contributed by atoms with van der Waals surface area (Å²) in [6.07, 6.45) is -7.25. The molecule has 1 saturated heterocycles. The third-order valence-electron chi connectivity index (χ3n) is 5.94. The number of amides is 2. The smallest absolute Gasteiger partial charge is 0.476 e. The number of carbonyl (C=O) groups excluding carboxylic acids is 2. The molecular weight excluding hydrogens is 537 g/mol. The molecule has 0 saturated carbocycles. The van der Waals surface area contributed by atoms with Crippen molar-refractivity contribution in [2.75, 3.05) is 19.0 Å². The highest BCUT2D eigenvalue weighted by molar-refractivity contribution is 6.02. The molecule has 2 aromatic heterocycles. The average molecular weight is 557 g/mol. The molecule has 208 valence electrons. The van der Waals surface area contributed by atoms with E-state index in [-0.39, 0.29) is 16.6 Å². The number of anilines is 1. The zero-order valence-corrected chi connectivity index (χ0v) is 20.2. The first-order valence-corrected chi connectivity index (χ1v) is 11.2. The van der Waals surface area contributed by atoms with E-state index < -0.39 is 72.8 Å². The number of aromatic carboxylic acids is 1. The first kappa shape index (κ1) is 27.7. The van der Waals surface area contributed by atoms with Gasteiger partial charge in [0, 0.05) is 18.2 Å². The standard InChI is InChI=1S/C23H20F5N5O6/c1-10-6-11-14(7-29-10)33(31-18(11)22(36)37)9-16(34)32-8-12(24)20(38-2)19(32)21(35)30-13-4-3-5-15(17(13)25)39-23(26,27)28/h3-7,12,19-20H,8-9H2,1-2H3,(H,30,35)(H,36,37)/t12-,19-,20+/m0/s1. The summed E-state index contributed by atoms with van der Waals surface area (Å²) in [5.41, 5.74) is -0.381. The highest BCUT2D eigenvalue weighted by Gasteiger charge is 2.49. The zero-order chi connectivity index (χ0) is 28.6. The summed E-state index contributed by atoms with van der Waals surface area (Å²) in [7, 11) is 1.08. The average Bonchev–Trinajstić information content (AvgIpc) is 3.37. The minimum atomic E-state index is -5.20. The van der Waals surface area contributed by atoms with Crippen LogP contribution >= 0.6 is 0 Å². The molecule has 1 aromatic carbocycles. The number of hydrogen-bond acceptors (Lipinski definition) is 7. The Labute approximate surface area is 216 Å². The Hall–Kier alpha value is -4.34. The SMILES string of the molecule is CO[C@H]1[C@@H](C(=O)Nc2cccc(OC(F)(F)F)c2F)N(C(=O)Cn2nc(C(=O)O)c3cc(C)ncc32)C[C@@H]1F. The fourth-order valence-electron chi connectivity index (χ4n) is 4.30. The van der Waals surface area contributed by atoms with Crippen LogP contribution in [0.1, 0.15) is 16.2 Å². The Morgan fingerprint density at radius 2 is 1.97 bits per heavy atom. The molecule has 1 fully saturated rings. The van der Waals surface area contributed by atoms with Crippen molar-refractivity contribution < 1.29 is 50.9 Å². The summed E-state index contributed by atoms with van der Waals surface area (Å²) in [5, 5.41) is 15.7. The van der Waals surface area contributed by atoms with Crippen molar-refractivity contribution in [3.05, 3.63) is 47.7 Å². The lowest BCUT2D eigenvalue weighted by Gasteiger charge is -2.26. The number of pyridine rings is 1. The Morgan fingerprint density at radius 1 is 1.26 bits per heavy atom. The van der Waals surface area contributed by atoms with Crippen LogP contribution in [0.3, 0.4) is 0 Å². The number of benzene rings is 1. The normalized spacial score (nSPS) is 19.4. The molecule has 0 spiro atoms. The van der Waals surface area contributed by atoms with Gasteiger partial charge in [0.25, 0.3) is 0 Å². The minimum Gasteiger partial charge on any atom is -0.476 e. The minimum absolute atomic E-state index is 0.190. The number of ether oxygens (including phenoxy) is 2. The Bertz CT molecular complexity index is 1440. The predicted octanol–water partition coefficient (Wildman–Crippen LogP) is 2.68. The van der Waals surface area contributed by atoms with E-state index in [0.717, 1.165) is 28.8 Å². The molecule has 3 heterocycles. The topological polar surface area (TPSA) is 136 Å². The summed E-state index contributed by atoms with van der Waals surface area (Å²) in [5.74, 6) is -6.13. The van der Waals surface area contributed by atoms with Gasteiger partial charge in [0.2, 0.25) is 11.8 Å². The summed E-state index contributed by atoms with van der Waals surface area (Å²) in [6.45, 7) is 0.392. The van der Waals surface area contributed by atoms with Gasteiger partial charge in [-0.05, 0) is 25.1 Å². The van der Waals surface area contributed by atoms with Crippen LogP contribution in [0.25, 0.3) is 10.9 Å². The van der Waals surface area contributed by atoms with Crippen LogP contribution in [0.15, 0.2) is 30.5 Å². The van der Waals surface area contributed by atoms with Gasteiger partial charge in [-0.25, -0.2) is 13.6 Å². The largest absolute Gasteiger partial charge is 0.573 e. The van der Waals surface area contributed by atoms with Crippen molar-refractivity contribution in [3.63, 3.8) is 0 Å². The van der Waals surface area contributed by atoms with E-state index >= 15 is 0 Å². The second-order valence-electron chi connectivity index (χ2n) is 8.52. The number of hydrogen-bond donors (Lipinski definition) is 2. The highest BCUT2D eigenvalue weighted by Crippen LogP contribution is 2.31. The van der Waals surface area contributed by atoms with E-state index in [1.54, 1.807) is 6.92 Å². The fraction of sp³-hybridized carbons (Fsp3) is 0.348. The Morgan fingerprint density at radius 3 is 2.62 bits per heavy atom. The van der Waals surface area contributed by atoms with E-state index in [1.165, 1.54) is 12.3 Å².